The van der Waals surface area contributed by atoms with Crippen molar-refractivity contribution in [3.05, 3.63) is 95.0 Å². The molecule has 37 heavy (non-hydrogen) atoms. The molecule has 2 aliphatic carbocycles. The number of benzene rings is 2. The first-order valence-electron chi connectivity index (χ1n) is 12.9. The molecular weight excluding hydrogens is 480 g/mol. The Hall–Kier alpha value is -3.64. The third-order valence-electron chi connectivity index (χ3n) is 8.10. The molecule has 2 heterocycles. The lowest BCUT2D eigenvalue weighted by Crippen LogP contribution is -2.52. The van der Waals surface area contributed by atoms with Gasteiger partial charge >= 0.3 is 5.97 Å². The molecule has 0 atom stereocenters. The number of carbonyl (C=O) groups is 1. The number of nitrogens with one attached hydrogen (secondary N) is 1. The molecule has 0 unspecified atom stereocenters. The Morgan fingerprint density at radius 3 is 2.59 bits per heavy atom. The van der Waals surface area contributed by atoms with Gasteiger partial charge in [0.2, 0.25) is 0 Å². The number of hydrogen-bond acceptors (Lipinski definition) is 5. The van der Waals surface area contributed by atoms with Gasteiger partial charge in [-0.1, -0.05) is 54.1 Å². The van der Waals surface area contributed by atoms with Crippen molar-refractivity contribution in [2.24, 2.45) is 0 Å². The van der Waals surface area contributed by atoms with E-state index in [0.717, 1.165) is 47.3 Å². The Morgan fingerprint density at radius 1 is 1.00 bits per heavy atom. The fourth-order valence-electron chi connectivity index (χ4n) is 6.16. The molecule has 1 spiro atoms. The highest BCUT2D eigenvalue weighted by Gasteiger charge is 2.51. The van der Waals surface area contributed by atoms with E-state index in [1.807, 2.05) is 47.8 Å². The summed E-state index contributed by atoms with van der Waals surface area (Å²) < 4.78 is 7.27. The normalized spacial score (nSPS) is 22.5. The van der Waals surface area contributed by atoms with Gasteiger partial charge in [0, 0.05) is 17.3 Å². The first kappa shape index (κ1) is 23.7. The van der Waals surface area contributed by atoms with E-state index in [1.165, 1.54) is 16.7 Å². The standard InChI is InChI=1S/C31H30N2O3S/c34-29(35)31(33-24-9-2-1-3-10-24)16-14-30(15-17-31)23(21-22-7-4-5-11-25(22)30)8-6-19-36-27-12-18-32-26-13-20-37-28(26)27/h1-5,7,9-13,18,20-21,33H,6,8,14-17,19H2,(H,34,35). The zero-order valence-corrected chi connectivity index (χ0v) is 21.5. The molecule has 6 rings (SSSR count). The summed E-state index contributed by atoms with van der Waals surface area (Å²) in [4.78, 5) is 16.9. The number of pyridine rings is 1. The van der Waals surface area contributed by atoms with Gasteiger partial charge in [-0.25, -0.2) is 4.79 Å². The number of fused-ring (bicyclic) bond motifs is 3. The summed E-state index contributed by atoms with van der Waals surface area (Å²) >= 11 is 1.66. The maximum atomic E-state index is 12.5. The van der Waals surface area contributed by atoms with Crippen LogP contribution in [0.2, 0.25) is 0 Å². The van der Waals surface area contributed by atoms with E-state index < -0.39 is 11.5 Å². The van der Waals surface area contributed by atoms with Crippen molar-refractivity contribution < 1.29 is 14.6 Å². The first-order valence-corrected chi connectivity index (χ1v) is 13.8. The first-order chi connectivity index (χ1) is 18.1. The van der Waals surface area contributed by atoms with E-state index in [-0.39, 0.29) is 5.41 Å². The number of carboxylic acid groups (broad SMARTS) is 1. The molecule has 0 aliphatic heterocycles. The van der Waals surface area contributed by atoms with Crippen LogP contribution in [-0.4, -0.2) is 28.2 Å². The number of aromatic nitrogens is 1. The molecule has 4 aromatic rings. The van der Waals surface area contributed by atoms with Crippen molar-refractivity contribution in [2.45, 2.75) is 49.5 Å². The number of anilines is 1. The van der Waals surface area contributed by atoms with Crippen LogP contribution < -0.4 is 10.1 Å². The number of para-hydroxylation sites is 1. The summed E-state index contributed by atoms with van der Waals surface area (Å²) in [5.41, 5.74) is 4.80. The van der Waals surface area contributed by atoms with Gasteiger partial charge in [0.1, 0.15) is 11.3 Å². The van der Waals surface area contributed by atoms with Crippen LogP contribution in [0.25, 0.3) is 16.3 Å². The van der Waals surface area contributed by atoms with E-state index in [2.05, 4.69) is 40.6 Å². The Morgan fingerprint density at radius 2 is 1.78 bits per heavy atom. The van der Waals surface area contributed by atoms with Gasteiger partial charge in [0.15, 0.2) is 0 Å². The maximum absolute atomic E-state index is 12.5. The lowest BCUT2D eigenvalue weighted by Gasteiger charge is -2.45. The summed E-state index contributed by atoms with van der Waals surface area (Å²) in [5, 5.41) is 15.7. The van der Waals surface area contributed by atoms with Crippen molar-refractivity contribution >= 4 is 39.3 Å². The van der Waals surface area contributed by atoms with Crippen LogP contribution in [0.4, 0.5) is 5.69 Å². The molecule has 2 aliphatic rings. The van der Waals surface area contributed by atoms with E-state index >= 15 is 0 Å². The quantitative estimate of drug-likeness (QED) is 0.243. The van der Waals surface area contributed by atoms with Gasteiger partial charge in [-0.2, -0.15) is 0 Å². The fraction of sp³-hybridized carbons (Fsp3) is 0.290. The van der Waals surface area contributed by atoms with Crippen LogP contribution in [0.3, 0.4) is 0 Å². The lowest BCUT2D eigenvalue weighted by molar-refractivity contribution is -0.143. The predicted octanol–water partition coefficient (Wildman–Crippen LogP) is 7.30. The molecule has 188 valence electrons. The van der Waals surface area contributed by atoms with Crippen molar-refractivity contribution in [3.8, 4) is 5.75 Å². The Balaban J connectivity index is 1.18. The number of carboxylic acids is 1. The summed E-state index contributed by atoms with van der Waals surface area (Å²) in [6.45, 7) is 0.634. The van der Waals surface area contributed by atoms with E-state index in [0.29, 0.717) is 19.4 Å². The molecular formula is C31H30N2O3S. The van der Waals surface area contributed by atoms with Crippen LogP contribution in [-0.2, 0) is 10.2 Å². The predicted molar refractivity (Wildman–Crippen MR) is 149 cm³/mol. The van der Waals surface area contributed by atoms with Gasteiger partial charge < -0.3 is 15.2 Å². The van der Waals surface area contributed by atoms with Crippen LogP contribution in [0.5, 0.6) is 5.75 Å². The molecule has 1 fully saturated rings. The molecule has 5 nitrogen and oxygen atoms in total. The van der Waals surface area contributed by atoms with E-state index in [9.17, 15) is 9.90 Å². The number of aliphatic carboxylic acids is 1. The maximum Gasteiger partial charge on any atom is 0.329 e. The number of nitrogens with zero attached hydrogens (tertiary/aromatic N) is 1. The molecule has 2 aromatic heterocycles. The van der Waals surface area contributed by atoms with Gasteiger partial charge in [-0.3, -0.25) is 4.98 Å². The Kier molecular flexibility index (Phi) is 6.21. The highest BCUT2D eigenvalue weighted by atomic mass is 32.1. The van der Waals surface area contributed by atoms with Crippen LogP contribution in [0.1, 0.15) is 49.7 Å². The van der Waals surface area contributed by atoms with E-state index in [4.69, 9.17) is 4.74 Å². The summed E-state index contributed by atoms with van der Waals surface area (Å²) in [6.07, 6.45) is 8.75. The van der Waals surface area contributed by atoms with Gasteiger partial charge in [-0.15, -0.1) is 11.3 Å². The molecule has 0 amide bonds. The summed E-state index contributed by atoms with van der Waals surface area (Å²) in [6, 6.07) is 22.3. The third-order valence-corrected chi connectivity index (χ3v) is 9.02. The number of ether oxygens (including phenoxy) is 1. The van der Waals surface area contributed by atoms with Gasteiger partial charge in [0.05, 0.1) is 16.8 Å². The number of allylic oxidation sites excluding steroid dienone is 1. The molecule has 0 bridgehead atoms. The smallest absolute Gasteiger partial charge is 0.329 e. The van der Waals surface area contributed by atoms with Crippen LogP contribution in [0, 0.1) is 0 Å². The Bertz CT molecular complexity index is 1450. The number of thiophene rings is 1. The average Bonchev–Trinajstić information content (AvgIpc) is 3.52. The van der Waals surface area contributed by atoms with Crippen molar-refractivity contribution in [1.29, 1.82) is 0 Å². The second kappa shape index (κ2) is 9.67. The number of hydrogen-bond donors (Lipinski definition) is 2. The average molecular weight is 511 g/mol. The molecule has 2 aromatic carbocycles. The minimum absolute atomic E-state index is 0.106. The SMILES string of the molecule is O=C(O)C1(Nc2ccccc2)CCC2(CC1)C(CCCOc1ccnc3ccsc13)=Cc1ccccc12. The summed E-state index contributed by atoms with van der Waals surface area (Å²) in [5.74, 6) is 0.128. The third kappa shape index (κ3) is 4.29. The van der Waals surface area contributed by atoms with Crippen LogP contribution >= 0.6 is 11.3 Å². The summed E-state index contributed by atoms with van der Waals surface area (Å²) in [7, 11) is 0. The number of rotatable bonds is 8. The molecule has 0 saturated heterocycles. The lowest BCUT2D eigenvalue weighted by atomic mass is 9.61. The zero-order chi connectivity index (χ0) is 25.3. The van der Waals surface area contributed by atoms with E-state index in [1.54, 1.807) is 17.5 Å². The monoisotopic (exact) mass is 510 g/mol. The zero-order valence-electron chi connectivity index (χ0n) is 20.7. The van der Waals surface area contributed by atoms with Gasteiger partial charge in [-0.05, 0) is 79.3 Å². The topological polar surface area (TPSA) is 71.5 Å². The largest absolute Gasteiger partial charge is 0.492 e. The van der Waals surface area contributed by atoms with Crippen molar-refractivity contribution in [3.63, 3.8) is 0 Å². The minimum atomic E-state index is -0.953. The molecule has 2 N–H and O–H groups in total. The molecule has 1 saturated carbocycles. The van der Waals surface area contributed by atoms with Gasteiger partial charge in [0.25, 0.3) is 0 Å². The second-order valence-electron chi connectivity index (χ2n) is 10.1. The Labute approximate surface area is 220 Å². The minimum Gasteiger partial charge on any atom is -0.492 e. The van der Waals surface area contributed by atoms with Crippen molar-refractivity contribution in [2.75, 3.05) is 11.9 Å². The van der Waals surface area contributed by atoms with Crippen molar-refractivity contribution in [1.82, 2.24) is 4.98 Å². The highest BCUT2D eigenvalue weighted by Crippen LogP contribution is 2.54. The molecule has 6 heteroatoms. The van der Waals surface area contributed by atoms with Crippen LogP contribution in [0.15, 0.2) is 83.9 Å². The fourth-order valence-corrected chi connectivity index (χ4v) is 6.98. The molecule has 0 radical (unpaired) electrons. The second-order valence-corrected chi connectivity index (χ2v) is 11.0. The highest BCUT2D eigenvalue weighted by molar-refractivity contribution is 7.17.